The fourth-order valence-electron chi connectivity index (χ4n) is 1.41. The largest absolute Gasteiger partial charge is 0.440 e. The third-order valence-electron chi connectivity index (χ3n) is 2.35. The van der Waals surface area contributed by atoms with E-state index in [0.717, 1.165) is 17.2 Å². The van der Waals surface area contributed by atoms with Crippen molar-refractivity contribution in [3.63, 3.8) is 0 Å². The molecule has 0 amide bonds. The second-order valence-corrected chi connectivity index (χ2v) is 4.08. The fraction of sp³-hybridized carbons (Fsp3) is 0.308. The maximum atomic E-state index is 5.66. The molecule has 1 heterocycles. The molecule has 0 saturated heterocycles. The van der Waals surface area contributed by atoms with Crippen LogP contribution in [0.2, 0.25) is 0 Å². The number of rotatable bonds is 2. The average Bonchev–Trinajstić information content (AvgIpc) is 2.68. The van der Waals surface area contributed by atoms with Crippen LogP contribution in [0.1, 0.15) is 31.2 Å². The number of hydrogen-bond donors (Lipinski definition) is 0. The van der Waals surface area contributed by atoms with Gasteiger partial charge in [-0.2, -0.15) is 0 Å². The minimum atomic E-state index is 0.337. The summed E-state index contributed by atoms with van der Waals surface area (Å²) in [5.41, 5.74) is 2.34. The molecule has 78 valence electrons. The van der Waals surface area contributed by atoms with Crippen LogP contribution < -0.4 is 0 Å². The molecule has 15 heavy (non-hydrogen) atoms. The highest BCUT2D eigenvalue weighted by Crippen LogP contribution is 2.23. The first kappa shape index (κ1) is 9.97. The van der Waals surface area contributed by atoms with Crippen molar-refractivity contribution in [1.82, 2.24) is 4.98 Å². The molecule has 0 unspecified atom stereocenters. The molecule has 0 aliphatic heterocycles. The van der Waals surface area contributed by atoms with Crippen molar-refractivity contribution in [3.8, 4) is 11.3 Å². The molecule has 2 heteroatoms. The molecule has 0 saturated carbocycles. The minimum absolute atomic E-state index is 0.337. The zero-order valence-corrected chi connectivity index (χ0v) is 9.32. The smallest absolute Gasteiger partial charge is 0.197 e. The van der Waals surface area contributed by atoms with E-state index in [1.54, 1.807) is 6.20 Å². The number of nitrogens with zero attached hydrogens (tertiary/aromatic N) is 1. The molecule has 0 spiro atoms. The Morgan fingerprint density at radius 3 is 2.33 bits per heavy atom. The van der Waals surface area contributed by atoms with Gasteiger partial charge >= 0.3 is 0 Å². The van der Waals surface area contributed by atoms with Crippen molar-refractivity contribution < 1.29 is 4.42 Å². The van der Waals surface area contributed by atoms with Crippen molar-refractivity contribution in [2.75, 3.05) is 0 Å². The first-order valence-electron chi connectivity index (χ1n) is 5.19. The van der Waals surface area contributed by atoms with Crippen LogP contribution in [0.4, 0.5) is 0 Å². The average molecular weight is 201 g/mol. The van der Waals surface area contributed by atoms with Gasteiger partial charge in [0, 0.05) is 11.5 Å². The van der Waals surface area contributed by atoms with Crippen molar-refractivity contribution in [1.29, 1.82) is 0 Å². The van der Waals surface area contributed by atoms with Gasteiger partial charge in [0.2, 0.25) is 0 Å². The lowest BCUT2D eigenvalue weighted by molar-refractivity contribution is 0.481. The number of hydrogen-bond acceptors (Lipinski definition) is 2. The number of benzene rings is 1. The van der Waals surface area contributed by atoms with E-state index in [4.69, 9.17) is 4.42 Å². The van der Waals surface area contributed by atoms with Gasteiger partial charge in [-0.15, -0.1) is 0 Å². The van der Waals surface area contributed by atoms with Crippen molar-refractivity contribution in [2.45, 2.75) is 26.7 Å². The van der Waals surface area contributed by atoms with Crippen molar-refractivity contribution >= 4 is 0 Å². The van der Waals surface area contributed by atoms with E-state index < -0.39 is 0 Å². The van der Waals surface area contributed by atoms with Crippen LogP contribution in [0.15, 0.2) is 34.9 Å². The highest BCUT2D eigenvalue weighted by molar-refractivity contribution is 5.56. The van der Waals surface area contributed by atoms with Gasteiger partial charge in [0.25, 0.3) is 0 Å². The van der Waals surface area contributed by atoms with Crippen molar-refractivity contribution in [2.24, 2.45) is 0 Å². The van der Waals surface area contributed by atoms with Crippen LogP contribution in [-0.4, -0.2) is 4.98 Å². The summed E-state index contributed by atoms with van der Waals surface area (Å²) in [4.78, 5) is 4.25. The van der Waals surface area contributed by atoms with Gasteiger partial charge in [-0.3, -0.25) is 0 Å². The summed E-state index contributed by atoms with van der Waals surface area (Å²) < 4.78 is 5.66. The second kappa shape index (κ2) is 3.89. The molecular weight excluding hydrogens is 186 g/mol. The van der Waals surface area contributed by atoms with E-state index in [0.29, 0.717) is 5.92 Å². The predicted molar refractivity (Wildman–Crippen MR) is 60.8 cm³/mol. The molecule has 0 fully saturated rings. The summed E-state index contributed by atoms with van der Waals surface area (Å²) in [6.45, 7) is 6.22. The lowest BCUT2D eigenvalue weighted by atomic mass is 10.1. The van der Waals surface area contributed by atoms with E-state index in [1.165, 1.54) is 5.56 Å². The monoisotopic (exact) mass is 201 g/mol. The quantitative estimate of drug-likeness (QED) is 0.739. The highest BCUT2D eigenvalue weighted by atomic mass is 16.4. The van der Waals surface area contributed by atoms with Gasteiger partial charge in [-0.25, -0.2) is 4.98 Å². The van der Waals surface area contributed by atoms with Gasteiger partial charge in [-0.1, -0.05) is 43.7 Å². The molecule has 2 nitrogen and oxygen atoms in total. The summed E-state index contributed by atoms with van der Waals surface area (Å²) in [7, 11) is 0. The Morgan fingerprint density at radius 1 is 1.13 bits per heavy atom. The molecule has 0 aliphatic rings. The van der Waals surface area contributed by atoms with Gasteiger partial charge in [0.05, 0.1) is 6.20 Å². The SMILES string of the molecule is Cc1ccc(-c2cnc(C(C)C)o2)cc1. The summed E-state index contributed by atoms with van der Waals surface area (Å²) in [6.07, 6.45) is 1.79. The summed E-state index contributed by atoms with van der Waals surface area (Å²) >= 11 is 0. The summed E-state index contributed by atoms with van der Waals surface area (Å²) in [5.74, 6) is 1.98. The van der Waals surface area contributed by atoms with Gasteiger partial charge < -0.3 is 4.42 Å². The molecule has 0 radical (unpaired) electrons. The van der Waals surface area contributed by atoms with Crippen LogP contribution in [-0.2, 0) is 0 Å². The third kappa shape index (κ3) is 2.09. The molecule has 1 aromatic heterocycles. The Balaban J connectivity index is 2.33. The van der Waals surface area contributed by atoms with E-state index in [1.807, 2.05) is 0 Å². The maximum Gasteiger partial charge on any atom is 0.197 e. The fourth-order valence-corrected chi connectivity index (χ4v) is 1.41. The molecule has 0 N–H and O–H groups in total. The van der Waals surface area contributed by atoms with E-state index >= 15 is 0 Å². The molecule has 0 aliphatic carbocycles. The lowest BCUT2D eigenvalue weighted by Gasteiger charge is -1.98. The van der Waals surface area contributed by atoms with Crippen molar-refractivity contribution in [3.05, 3.63) is 41.9 Å². The second-order valence-electron chi connectivity index (χ2n) is 4.08. The van der Waals surface area contributed by atoms with E-state index in [-0.39, 0.29) is 0 Å². The van der Waals surface area contributed by atoms with Crippen LogP contribution in [0.5, 0.6) is 0 Å². The molecule has 0 bridgehead atoms. The van der Waals surface area contributed by atoms with E-state index in [9.17, 15) is 0 Å². The molecule has 2 aromatic rings. The number of aromatic nitrogens is 1. The standard InChI is InChI=1S/C13H15NO/c1-9(2)13-14-8-12(15-13)11-6-4-10(3)5-7-11/h4-9H,1-3H3. The van der Waals surface area contributed by atoms with Gasteiger partial charge in [0.1, 0.15) is 0 Å². The number of oxazole rings is 1. The third-order valence-corrected chi connectivity index (χ3v) is 2.35. The van der Waals surface area contributed by atoms with Crippen LogP contribution in [0, 0.1) is 6.92 Å². The molecular formula is C13H15NO. The molecule has 2 rings (SSSR count). The zero-order chi connectivity index (χ0) is 10.8. The summed E-state index contributed by atoms with van der Waals surface area (Å²) in [6, 6.07) is 8.26. The first-order valence-corrected chi connectivity index (χ1v) is 5.19. The van der Waals surface area contributed by atoms with Crippen LogP contribution in [0.25, 0.3) is 11.3 Å². The van der Waals surface area contributed by atoms with Gasteiger partial charge in [0.15, 0.2) is 11.7 Å². The summed E-state index contributed by atoms with van der Waals surface area (Å²) in [5, 5.41) is 0. The Hall–Kier alpha value is -1.57. The van der Waals surface area contributed by atoms with Crippen LogP contribution >= 0.6 is 0 Å². The molecule has 0 atom stereocenters. The minimum Gasteiger partial charge on any atom is -0.440 e. The maximum absolute atomic E-state index is 5.66. The van der Waals surface area contributed by atoms with E-state index in [2.05, 4.69) is 50.0 Å². The normalized spacial score (nSPS) is 10.9. The Kier molecular flexibility index (Phi) is 2.58. The molecule has 1 aromatic carbocycles. The Labute approximate surface area is 90.0 Å². The predicted octanol–water partition coefficient (Wildman–Crippen LogP) is 3.77. The Bertz CT molecular complexity index is 440. The topological polar surface area (TPSA) is 26.0 Å². The Morgan fingerprint density at radius 2 is 1.80 bits per heavy atom. The number of aryl methyl sites for hydroxylation is 1. The first-order chi connectivity index (χ1) is 7.16. The van der Waals surface area contributed by atoms with Gasteiger partial charge in [-0.05, 0) is 6.92 Å². The van der Waals surface area contributed by atoms with Crippen LogP contribution in [0.3, 0.4) is 0 Å². The lowest BCUT2D eigenvalue weighted by Crippen LogP contribution is -1.84. The zero-order valence-electron chi connectivity index (χ0n) is 9.32. The highest BCUT2D eigenvalue weighted by Gasteiger charge is 2.08.